The molecule has 0 bridgehead atoms. The van der Waals surface area contributed by atoms with Gasteiger partial charge >= 0.3 is 17.9 Å². The van der Waals surface area contributed by atoms with Crippen molar-refractivity contribution in [2.24, 2.45) is 0 Å². The lowest BCUT2D eigenvalue weighted by Crippen LogP contribution is -2.50. The van der Waals surface area contributed by atoms with Crippen LogP contribution in [-0.2, 0) is 28.6 Å². The van der Waals surface area contributed by atoms with Gasteiger partial charge in [-0.3, -0.25) is 9.59 Å². The second-order valence-corrected chi connectivity index (χ2v) is 17.7. The van der Waals surface area contributed by atoms with Crippen molar-refractivity contribution in [2.45, 2.75) is 206 Å². The molecule has 1 N–H and O–H groups in total. The molecule has 0 aromatic heterocycles. The summed E-state index contributed by atoms with van der Waals surface area (Å²) in [5.41, 5.74) is 0. The van der Waals surface area contributed by atoms with Crippen LogP contribution in [0.3, 0.4) is 0 Å². The smallest absolute Gasteiger partial charge is 0.362 e. The molecular weight excluding hydrogens is 787 g/mol. The Hall–Kier alpha value is -3.49. The number of hydrogen-bond donors (Lipinski definition) is 1. The van der Waals surface area contributed by atoms with Crippen LogP contribution in [0.2, 0.25) is 0 Å². The van der Waals surface area contributed by atoms with Crippen molar-refractivity contribution in [3.8, 4) is 0 Å². The Balaban J connectivity index is 4.35. The molecule has 0 aliphatic rings. The van der Waals surface area contributed by atoms with Crippen LogP contribution in [0.5, 0.6) is 0 Å². The molecule has 2 unspecified atom stereocenters. The number of aliphatic carboxylic acids is 1. The van der Waals surface area contributed by atoms with Crippen LogP contribution in [0.15, 0.2) is 85.1 Å². The van der Waals surface area contributed by atoms with Crippen molar-refractivity contribution in [3.05, 3.63) is 85.1 Å². The van der Waals surface area contributed by atoms with Crippen LogP contribution < -0.4 is 0 Å². The molecular formula is C55H94NO7+. The highest BCUT2D eigenvalue weighted by molar-refractivity contribution is 5.72. The second kappa shape index (κ2) is 45.1. The molecule has 0 rings (SSSR count). The number of rotatable bonds is 44. The lowest BCUT2D eigenvalue weighted by Gasteiger charge is -2.31. The summed E-state index contributed by atoms with van der Waals surface area (Å²) in [6, 6.07) is -0.626. The predicted octanol–water partition coefficient (Wildman–Crippen LogP) is 14.5. The standard InChI is InChI=1S/C55H93NO7/c1-6-8-10-12-14-16-18-20-22-24-25-26-27-28-29-30-32-34-36-38-40-42-44-46-54(58)63-51(49-61-48-47-52(55(59)60)56(3,4)5)50-62-53(57)45-43-41-39-37-35-33-31-23-21-19-17-15-13-11-9-7-2/h8,10,14,16,20,22-23,25-26,28-29,31-32,34,51-52H,6-7,9,11-13,15,17-19,21,24,27,30,33,35-50H2,1-5H3/p+1/b10-8+,16-14+,22-20+,26-25+,29-28+,31-23+,34-32+. The fourth-order valence-electron chi connectivity index (χ4n) is 6.91. The average molecular weight is 881 g/mol. The lowest BCUT2D eigenvalue weighted by atomic mass is 10.1. The number of nitrogens with zero attached hydrogens (tertiary/aromatic N) is 1. The molecule has 8 heteroatoms. The fraction of sp³-hybridized carbons (Fsp3) is 0.691. The predicted molar refractivity (Wildman–Crippen MR) is 266 cm³/mol. The van der Waals surface area contributed by atoms with Gasteiger partial charge in [0.15, 0.2) is 12.1 Å². The molecule has 63 heavy (non-hydrogen) atoms. The molecule has 0 fully saturated rings. The Bertz CT molecular complexity index is 1300. The highest BCUT2D eigenvalue weighted by atomic mass is 16.6. The minimum atomic E-state index is -0.883. The Morgan fingerprint density at radius 1 is 0.492 bits per heavy atom. The van der Waals surface area contributed by atoms with Gasteiger partial charge in [-0.05, 0) is 89.9 Å². The lowest BCUT2D eigenvalue weighted by molar-refractivity contribution is -0.887. The van der Waals surface area contributed by atoms with Crippen LogP contribution in [0.25, 0.3) is 0 Å². The van der Waals surface area contributed by atoms with Gasteiger partial charge in [0.05, 0.1) is 34.4 Å². The van der Waals surface area contributed by atoms with E-state index in [0.29, 0.717) is 19.3 Å². The van der Waals surface area contributed by atoms with Crippen molar-refractivity contribution >= 4 is 17.9 Å². The zero-order valence-corrected chi connectivity index (χ0v) is 41.0. The molecule has 0 spiro atoms. The third kappa shape index (κ3) is 43.5. The summed E-state index contributed by atoms with van der Waals surface area (Å²) in [6.45, 7) is 4.58. The van der Waals surface area contributed by atoms with E-state index in [0.717, 1.165) is 103 Å². The van der Waals surface area contributed by atoms with Gasteiger partial charge in [0.2, 0.25) is 0 Å². The van der Waals surface area contributed by atoms with E-state index in [2.05, 4.69) is 98.9 Å². The van der Waals surface area contributed by atoms with Crippen molar-refractivity contribution in [3.63, 3.8) is 0 Å². The maximum absolute atomic E-state index is 12.8. The SMILES string of the molecule is CC/C=C/C/C=C/C/C=C/C/C=C/C/C=C/C/C=C/CCCCCCC(=O)OC(COCCC(C(=O)O)[N+](C)(C)C)COC(=O)CCCCCCC/C=C/CCCCCCCCC. The van der Waals surface area contributed by atoms with Crippen molar-refractivity contribution in [1.82, 2.24) is 0 Å². The summed E-state index contributed by atoms with van der Waals surface area (Å²) in [5, 5.41) is 9.65. The highest BCUT2D eigenvalue weighted by Crippen LogP contribution is 2.13. The van der Waals surface area contributed by atoms with Gasteiger partial charge < -0.3 is 23.8 Å². The maximum atomic E-state index is 12.8. The first kappa shape index (κ1) is 59.5. The number of esters is 2. The normalized spacial score (nSPS) is 13.6. The van der Waals surface area contributed by atoms with Gasteiger partial charge in [-0.2, -0.15) is 0 Å². The largest absolute Gasteiger partial charge is 0.477 e. The summed E-state index contributed by atoms with van der Waals surface area (Å²) in [5.74, 6) is -1.52. The Morgan fingerprint density at radius 3 is 1.33 bits per heavy atom. The number of ether oxygens (including phenoxy) is 3. The molecule has 0 aromatic carbocycles. The number of allylic oxidation sites excluding steroid dienone is 14. The third-order valence-corrected chi connectivity index (χ3v) is 10.8. The molecule has 0 heterocycles. The number of carbonyl (C=O) groups is 3. The van der Waals surface area contributed by atoms with Gasteiger partial charge in [-0.25, -0.2) is 4.79 Å². The summed E-state index contributed by atoms with van der Waals surface area (Å²) in [6.07, 6.45) is 59.1. The number of hydrogen-bond acceptors (Lipinski definition) is 6. The molecule has 8 nitrogen and oxygen atoms in total. The van der Waals surface area contributed by atoms with E-state index in [-0.39, 0.29) is 36.2 Å². The molecule has 0 amide bonds. The zero-order valence-electron chi connectivity index (χ0n) is 41.0. The number of carboxylic acids is 1. The molecule has 0 saturated heterocycles. The van der Waals surface area contributed by atoms with E-state index in [9.17, 15) is 19.5 Å². The fourth-order valence-corrected chi connectivity index (χ4v) is 6.91. The number of quaternary nitrogens is 1. The van der Waals surface area contributed by atoms with Gasteiger partial charge in [-0.15, -0.1) is 0 Å². The Kier molecular flexibility index (Phi) is 42.6. The van der Waals surface area contributed by atoms with E-state index in [1.54, 1.807) is 0 Å². The highest BCUT2D eigenvalue weighted by Gasteiger charge is 2.31. The van der Waals surface area contributed by atoms with Gasteiger partial charge in [0.1, 0.15) is 6.61 Å². The monoisotopic (exact) mass is 881 g/mol. The zero-order chi connectivity index (χ0) is 46.3. The molecule has 0 aliphatic carbocycles. The molecule has 2 atom stereocenters. The third-order valence-electron chi connectivity index (χ3n) is 10.8. The van der Waals surface area contributed by atoms with Gasteiger partial charge in [0.25, 0.3) is 0 Å². The summed E-state index contributed by atoms with van der Waals surface area (Å²) < 4.78 is 17.3. The van der Waals surface area contributed by atoms with Crippen LogP contribution in [0, 0.1) is 0 Å². The number of carboxylic acid groups (broad SMARTS) is 1. The second-order valence-electron chi connectivity index (χ2n) is 17.7. The van der Waals surface area contributed by atoms with Crippen LogP contribution in [0.4, 0.5) is 0 Å². The first-order valence-corrected chi connectivity index (χ1v) is 25.1. The average Bonchev–Trinajstić information content (AvgIpc) is 3.24. The molecule has 0 radical (unpaired) electrons. The minimum absolute atomic E-state index is 0.0436. The van der Waals surface area contributed by atoms with Gasteiger partial charge in [0, 0.05) is 19.3 Å². The quantitative estimate of drug-likeness (QED) is 0.0282. The first-order valence-electron chi connectivity index (χ1n) is 25.1. The summed E-state index contributed by atoms with van der Waals surface area (Å²) >= 11 is 0. The topological polar surface area (TPSA) is 99.1 Å². The summed E-state index contributed by atoms with van der Waals surface area (Å²) in [7, 11) is 5.51. The van der Waals surface area contributed by atoms with Crippen LogP contribution in [-0.4, -0.2) is 80.6 Å². The maximum Gasteiger partial charge on any atom is 0.362 e. The number of likely N-dealkylation sites (N-methyl/N-ethyl adjacent to an activating group) is 1. The Morgan fingerprint density at radius 2 is 0.889 bits per heavy atom. The number of carbonyl (C=O) groups excluding carboxylic acids is 2. The molecule has 0 aliphatic heterocycles. The van der Waals surface area contributed by atoms with E-state index >= 15 is 0 Å². The molecule has 0 saturated carbocycles. The summed E-state index contributed by atoms with van der Waals surface area (Å²) in [4.78, 5) is 37.1. The molecule has 0 aromatic rings. The first-order chi connectivity index (χ1) is 30.6. The Labute approximate surface area is 386 Å². The van der Waals surface area contributed by atoms with E-state index in [1.807, 2.05) is 21.1 Å². The minimum Gasteiger partial charge on any atom is -0.477 e. The van der Waals surface area contributed by atoms with E-state index in [1.165, 1.54) is 57.8 Å². The van der Waals surface area contributed by atoms with Crippen molar-refractivity contribution < 1.29 is 38.2 Å². The number of unbranched alkanes of at least 4 members (excludes halogenated alkanes) is 16. The molecule has 360 valence electrons. The van der Waals surface area contributed by atoms with Crippen LogP contribution >= 0.6 is 0 Å². The van der Waals surface area contributed by atoms with E-state index < -0.39 is 18.1 Å². The van der Waals surface area contributed by atoms with Gasteiger partial charge in [-0.1, -0.05) is 170 Å². The van der Waals surface area contributed by atoms with E-state index in [4.69, 9.17) is 14.2 Å². The van der Waals surface area contributed by atoms with Crippen molar-refractivity contribution in [2.75, 3.05) is 41.0 Å². The van der Waals surface area contributed by atoms with Crippen molar-refractivity contribution in [1.29, 1.82) is 0 Å². The van der Waals surface area contributed by atoms with Crippen LogP contribution in [0.1, 0.15) is 194 Å².